The van der Waals surface area contributed by atoms with Crippen LogP contribution in [0.1, 0.15) is 11.6 Å². The Morgan fingerprint density at radius 1 is 1.47 bits per heavy atom. The normalized spacial score (nSPS) is 12.9. The molecule has 0 amide bonds. The van der Waals surface area contributed by atoms with E-state index in [1.54, 1.807) is 11.8 Å². The first-order chi connectivity index (χ1) is 7.13. The molecule has 0 saturated carbocycles. The third-order valence-corrected chi connectivity index (χ3v) is 2.69. The number of aliphatic carboxylic acids is 1. The molecule has 0 aliphatic rings. The van der Waals surface area contributed by atoms with Crippen molar-refractivity contribution in [3.05, 3.63) is 42.0 Å². The Labute approximate surface area is 93.0 Å². The predicted molar refractivity (Wildman–Crippen MR) is 61.9 cm³/mol. The first kappa shape index (κ1) is 11.8. The lowest BCUT2D eigenvalue weighted by atomic mass is 10.1. The van der Waals surface area contributed by atoms with E-state index in [2.05, 4.69) is 0 Å². The molecule has 3 nitrogen and oxygen atoms in total. The van der Waals surface area contributed by atoms with E-state index in [0.29, 0.717) is 0 Å². The van der Waals surface area contributed by atoms with Gasteiger partial charge in [-0.25, -0.2) is 4.79 Å². The summed E-state index contributed by atoms with van der Waals surface area (Å²) in [6.07, 6.45) is 4.53. The number of hydrogen-bond donors (Lipinski definition) is 2. The molecule has 0 aliphatic carbocycles. The number of benzene rings is 1. The van der Waals surface area contributed by atoms with E-state index < -0.39 is 5.97 Å². The first-order valence-corrected chi connectivity index (χ1v) is 5.66. The number of nitrogens with two attached hydrogens (primary N) is 1. The molecule has 1 rings (SSSR count). The van der Waals surface area contributed by atoms with Gasteiger partial charge < -0.3 is 10.8 Å². The Balaban J connectivity index is 2.74. The monoisotopic (exact) mass is 223 g/mol. The van der Waals surface area contributed by atoms with Gasteiger partial charge in [-0.15, -0.1) is 11.8 Å². The summed E-state index contributed by atoms with van der Waals surface area (Å²) in [6.45, 7) is 0. The van der Waals surface area contributed by atoms with E-state index in [9.17, 15) is 4.79 Å². The fourth-order valence-corrected chi connectivity index (χ4v) is 1.53. The SMILES string of the molecule is CSc1ccc(C(N)/C=C/C(=O)O)cc1. The summed E-state index contributed by atoms with van der Waals surface area (Å²) in [5.74, 6) is -0.980. The summed E-state index contributed by atoms with van der Waals surface area (Å²) in [5.41, 5.74) is 6.69. The fraction of sp³-hybridized carbons (Fsp3) is 0.182. The molecular formula is C11H13NO2S. The van der Waals surface area contributed by atoms with Crippen LogP contribution in [-0.2, 0) is 4.79 Å². The zero-order valence-corrected chi connectivity index (χ0v) is 9.20. The topological polar surface area (TPSA) is 63.3 Å². The van der Waals surface area contributed by atoms with Gasteiger partial charge in [0.05, 0.1) is 0 Å². The Morgan fingerprint density at radius 3 is 2.53 bits per heavy atom. The van der Waals surface area contributed by atoms with Gasteiger partial charge in [0, 0.05) is 17.0 Å². The molecule has 15 heavy (non-hydrogen) atoms. The summed E-state index contributed by atoms with van der Waals surface area (Å²) >= 11 is 1.65. The minimum Gasteiger partial charge on any atom is -0.478 e. The van der Waals surface area contributed by atoms with Gasteiger partial charge in [0.2, 0.25) is 0 Å². The molecule has 3 N–H and O–H groups in total. The maximum Gasteiger partial charge on any atom is 0.328 e. The van der Waals surface area contributed by atoms with Gasteiger partial charge in [-0.05, 0) is 24.0 Å². The smallest absolute Gasteiger partial charge is 0.328 e. The van der Waals surface area contributed by atoms with Gasteiger partial charge in [-0.2, -0.15) is 0 Å². The Hall–Kier alpha value is -1.26. The summed E-state index contributed by atoms with van der Waals surface area (Å²) in [7, 11) is 0. The van der Waals surface area contributed by atoms with Gasteiger partial charge in [0.1, 0.15) is 0 Å². The molecule has 0 saturated heterocycles. The lowest BCUT2D eigenvalue weighted by molar-refractivity contribution is -0.131. The lowest BCUT2D eigenvalue weighted by Crippen LogP contribution is -2.07. The fourth-order valence-electron chi connectivity index (χ4n) is 1.12. The van der Waals surface area contributed by atoms with Gasteiger partial charge in [-0.1, -0.05) is 18.2 Å². The zero-order valence-electron chi connectivity index (χ0n) is 8.38. The minimum atomic E-state index is -0.980. The van der Waals surface area contributed by atoms with Crippen LogP contribution in [-0.4, -0.2) is 17.3 Å². The maximum absolute atomic E-state index is 10.3. The van der Waals surface area contributed by atoms with E-state index in [1.165, 1.54) is 6.08 Å². The summed E-state index contributed by atoms with van der Waals surface area (Å²) < 4.78 is 0. The molecule has 80 valence electrons. The van der Waals surface area contributed by atoms with Crippen molar-refractivity contribution in [3.8, 4) is 0 Å². The molecule has 0 spiro atoms. The first-order valence-electron chi connectivity index (χ1n) is 4.44. The number of rotatable bonds is 4. The highest BCUT2D eigenvalue weighted by molar-refractivity contribution is 7.98. The van der Waals surface area contributed by atoms with Gasteiger partial charge >= 0.3 is 5.97 Å². The largest absolute Gasteiger partial charge is 0.478 e. The molecule has 0 bridgehead atoms. The highest BCUT2D eigenvalue weighted by atomic mass is 32.2. The zero-order chi connectivity index (χ0) is 11.3. The average molecular weight is 223 g/mol. The summed E-state index contributed by atoms with van der Waals surface area (Å²) in [4.78, 5) is 11.5. The van der Waals surface area contributed by atoms with Crippen molar-refractivity contribution in [2.24, 2.45) is 5.73 Å². The van der Waals surface area contributed by atoms with Crippen molar-refractivity contribution in [3.63, 3.8) is 0 Å². The molecule has 1 aromatic carbocycles. The highest BCUT2D eigenvalue weighted by Crippen LogP contribution is 2.18. The molecule has 1 unspecified atom stereocenters. The highest BCUT2D eigenvalue weighted by Gasteiger charge is 2.01. The minimum absolute atomic E-state index is 0.364. The molecule has 0 heterocycles. The lowest BCUT2D eigenvalue weighted by Gasteiger charge is -2.06. The number of carbonyl (C=O) groups is 1. The van der Waals surface area contributed by atoms with E-state index in [-0.39, 0.29) is 6.04 Å². The molecule has 4 heteroatoms. The third kappa shape index (κ3) is 3.77. The quantitative estimate of drug-likeness (QED) is 0.605. The predicted octanol–water partition coefficient (Wildman–Crippen LogP) is 2.05. The molecule has 0 aliphatic heterocycles. The molecule has 1 atom stereocenters. The number of hydrogen-bond acceptors (Lipinski definition) is 3. The van der Waals surface area contributed by atoms with Crippen LogP contribution in [0.2, 0.25) is 0 Å². The van der Waals surface area contributed by atoms with E-state index in [0.717, 1.165) is 16.5 Å². The second-order valence-electron chi connectivity index (χ2n) is 3.00. The van der Waals surface area contributed by atoms with Crippen molar-refractivity contribution in [1.82, 2.24) is 0 Å². The third-order valence-electron chi connectivity index (χ3n) is 1.95. The van der Waals surface area contributed by atoms with Gasteiger partial charge in [-0.3, -0.25) is 0 Å². The van der Waals surface area contributed by atoms with Crippen LogP contribution < -0.4 is 5.73 Å². The standard InChI is InChI=1S/C11H13NO2S/c1-15-9-4-2-8(3-5-9)10(12)6-7-11(13)14/h2-7,10H,12H2,1H3,(H,13,14)/b7-6+. The maximum atomic E-state index is 10.3. The van der Waals surface area contributed by atoms with Crippen molar-refractivity contribution < 1.29 is 9.90 Å². The second kappa shape index (κ2) is 5.58. The van der Waals surface area contributed by atoms with E-state index in [1.807, 2.05) is 30.5 Å². The van der Waals surface area contributed by atoms with Gasteiger partial charge in [0.15, 0.2) is 0 Å². The molecular weight excluding hydrogens is 210 g/mol. The van der Waals surface area contributed by atoms with Crippen molar-refractivity contribution in [2.75, 3.05) is 6.26 Å². The van der Waals surface area contributed by atoms with Crippen LogP contribution in [0.4, 0.5) is 0 Å². The molecule has 0 radical (unpaired) electrons. The number of thioether (sulfide) groups is 1. The average Bonchev–Trinajstić information content (AvgIpc) is 2.26. The molecule has 0 fully saturated rings. The van der Waals surface area contributed by atoms with Crippen LogP contribution in [0.15, 0.2) is 41.3 Å². The summed E-state index contributed by atoms with van der Waals surface area (Å²) in [6, 6.07) is 7.38. The summed E-state index contributed by atoms with van der Waals surface area (Å²) in [5, 5.41) is 8.45. The van der Waals surface area contributed by atoms with Crippen LogP contribution in [0.25, 0.3) is 0 Å². The molecule has 0 aromatic heterocycles. The van der Waals surface area contributed by atoms with Crippen LogP contribution in [0, 0.1) is 0 Å². The Kier molecular flexibility index (Phi) is 4.39. The van der Waals surface area contributed by atoms with Crippen LogP contribution in [0.3, 0.4) is 0 Å². The van der Waals surface area contributed by atoms with Crippen molar-refractivity contribution in [2.45, 2.75) is 10.9 Å². The van der Waals surface area contributed by atoms with Crippen LogP contribution in [0.5, 0.6) is 0 Å². The van der Waals surface area contributed by atoms with Gasteiger partial charge in [0.25, 0.3) is 0 Å². The molecule has 1 aromatic rings. The van der Waals surface area contributed by atoms with Crippen LogP contribution >= 0.6 is 11.8 Å². The van der Waals surface area contributed by atoms with Crippen molar-refractivity contribution in [1.29, 1.82) is 0 Å². The Bertz CT molecular complexity index is 359. The number of carboxylic acid groups (broad SMARTS) is 1. The second-order valence-corrected chi connectivity index (χ2v) is 3.88. The Morgan fingerprint density at radius 2 is 2.07 bits per heavy atom. The van der Waals surface area contributed by atoms with E-state index >= 15 is 0 Å². The van der Waals surface area contributed by atoms with E-state index in [4.69, 9.17) is 10.8 Å². The van der Waals surface area contributed by atoms with Crippen molar-refractivity contribution >= 4 is 17.7 Å². The number of carboxylic acids is 1.